The number of hydrogen-bond acceptors (Lipinski definition) is 2. The van der Waals surface area contributed by atoms with Crippen molar-refractivity contribution in [3.05, 3.63) is 71.7 Å². The van der Waals surface area contributed by atoms with Gasteiger partial charge in [-0.1, -0.05) is 30.3 Å². The van der Waals surface area contributed by atoms with Gasteiger partial charge in [-0.3, -0.25) is 4.79 Å². The number of amides is 1. The van der Waals surface area contributed by atoms with Gasteiger partial charge in [0.15, 0.2) is 6.10 Å². The van der Waals surface area contributed by atoms with E-state index in [0.29, 0.717) is 18.5 Å². The monoisotopic (exact) mass is 312 g/mol. The van der Waals surface area contributed by atoms with E-state index in [0.717, 1.165) is 16.5 Å². The Morgan fingerprint density at radius 3 is 2.78 bits per heavy atom. The average Bonchev–Trinajstić information content (AvgIpc) is 2.97. The summed E-state index contributed by atoms with van der Waals surface area (Å²) in [5.41, 5.74) is 2.29. The standard InChI is InChI=1S/C18H17FN2O2/c19-14-6-7-15-13(11-21-16(15)10-14)8-9-20-18(23)17(22)12-4-2-1-3-5-12/h1-7,10-11,17,21-22H,8-9H2,(H,20,23). The molecule has 0 fully saturated rings. The Bertz CT molecular complexity index is 814. The lowest BCUT2D eigenvalue weighted by Gasteiger charge is -2.11. The minimum Gasteiger partial charge on any atom is -0.378 e. The van der Waals surface area contributed by atoms with Crippen molar-refractivity contribution >= 4 is 16.8 Å². The summed E-state index contributed by atoms with van der Waals surface area (Å²) in [7, 11) is 0. The minimum absolute atomic E-state index is 0.287. The molecule has 0 aliphatic heterocycles. The van der Waals surface area contributed by atoms with Gasteiger partial charge in [-0.2, -0.15) is 0 Å². The molecule has 0 bridgehead atoms. The van der Waals surface area contributed by atoms with E-state index in [1.165, 1.54) is 12.1 Å². The highest BCUT2D eigenvalue weighted by Gasteiger charge is 2.16. The topological polar surface area (TPSA) is 65.1 Å². The quantitative estimate of drug-likeness (QED) is 0.678. The van der Waals surface area contributed by atoms with Crippen LogP contribution in [0.5, 0.6) is 0 Å². The highest BCUT2D eigenvalue weighted by Crippen LogP contribution is 2.19. The van der Waals surface area contributed by atoms with E-state index in [2.05, 4.69) is 10.3 Å². The van der Waals surface area contributed by atoms with Crippen LogP contribution >= 0.6 is 0 Å². The van der Waals surface area contributed by atoms with Crippen LogP contribution in [0.25, 0.3) is 10.9 Å². The second-order valence-electron chi connectivity index (χ2n) is 5.36. The highest BCUT2D eigenvalue weighted by atomic mass is 19.1. The van der Waals surface area contributed by atoms with Crippen LogP contribution in [-0.2, 0) is 11.2 Å². The maximum atomic E-state index is 13.1. The molecule has 23 heavy (non-hydrogen) atoms. The van der Waals surface area contributed by atoms with E-state index in [-0.39, 0.29) is 5.82 Å². The van der Waals surface area contributed by atoms with Crippen molar-refractivity contribution in [1.29, 1.82) is 0 Å². The van der Waals surface area contributed by atoms with E-state index in [1.54, 1.807) is 30.3 Å². The third-order valence-corrected chi connectivity index (χ3v) is 3.79. The molecule has 0 saturated carbocycles. The highest BCUT2D eigenvalue weighted by molar-refractivity contribution is 5.84. The fraction of sp³-hybridized carbons (Fsp3) is 0.167. The number of nitrogens with one attached hydrogen (secondary N) is 2. The molecule has 1 unspecified atom stereocenters. The first kappa shape index (κ1) is 15.2. The molecule has 4 nitrogen and oxygen atoms in total. The number of benzene rings is 2. The van der Waals surface area contributed by atoms with Crippen molar-refractivity contribution in [1.82, 2.24) is 10.3 Å². The number of aromatic nitrogens is 1. The first-order valence-electron chi connectivity index (χ1n) is 7.41. The molecule has 1 atom stereocenters. The van der Waals surface area contributed by atoms with Crippen LogP contribution in [0.2, 0.25) is 0 Å². The molecular weight excluding hydrogens is 295 g/mol. The van der Waals surface area contributed by atoms with Crippen LogP contribution in [0, 0.1) is 5.82 Å². The molecule has 3 aromatic rings. The van der Waals surface area contributed by atoms with Gasteiger partial charge in [0.1, 0.15) is 5.82 Å². The summed E-state index contributed by atoms with van der Waals surface area (Å²) in [6.45, 7) is 0.396. The zero-order valence-electron chi connectivity index (χ0n) is 12.4. The largest absolute Gasteiger partial charge is 0.378 e. The smallest absolute Gasteiger partial charge is 0.253 e. The van der Waals surface area contributed by atoms with Gasteiger partial charge in [0, 0.05) is 23.6 Å². The SMILES string of the molecule is O=C(NCCc1c[nH]c2cc(F)ccc12)C(O)c1ccccc1. The predicted octanol–water partition coefficient (Wildman–Crippen LogP) is 2.70. The van der Waals surface area contributed by atoms with E-state index >= 15 is 0 Å². The van der Waals surface area contributed by atoms with Crippen LogP contribution in [0.15, 0.2) is 54.7 Å². The Balaban J connectivity index is 1.59. The Hall–Kier alpha value is -2.66. The number of aliphatic hydroxyl groups is 1. The van der Waals surface area contributed by atoms with Crippen LogP contribution < -0.4 is 5.32 Å². The molecule has 1 amide bonds. The molecule has 1 aromatic heterocycles. The van der Waals surface area contributed by atoms with Crippen molar-refractivity contribution in [2.45, 2.75) is 12.5 Å². The molecule has 3 rings (SSSR count). The third kappa shape index (κ3) is 3.40. The molecule has 0 radical (unpaired) electrons. The van der Waals surface area contributed by atoms with Gasteiger partial charge in [-0.15, -0.1) is 0 Å². The normalized spacial score (nSPS) is 12.3. The van der Waals surface area contributed by atoms with Gasteiger partial charge in [0.25, 0.3) is 5.91 Å². The molecule has 0 saturated heterocycles. The van der Waals surface area contributed by atoms with Gasteiger partial charge >= 0.3 is 0 Å². The summed E-state index contributed by atoms with van der Waals surface area (Å²) < 4.78 is 13.1. The fourth-order valence-electron chi connectivity index (χ4n) is 2.57. The maximum Gasteiger partial charge on any atom is 0.253 e. The van der Waals surface area contributed by atoms with Gasteiger partial charge in [0.2, 0.25) is 0 Å². The first-order chi connectivity index (χ1) is 11.1. The Morgan fingerprint density at radius 1 is 1.22 bits per heavy atom. The minimum atomic E-state index is -1.17. The summed E-state index contributed by atoms with van der Waals surface area (Å²) in [6, 6.07) is 13.4. The number of hydrogen-bond donors (Lipinski definition) is 3. The fourth-order valence-corrected chi connectivity index (χ4v) is 2.57. The average molecular weight is 312 g/mol. The van der Waals surface area contributed by atoms with Gasteiger partial charge in [0.05, 0.1) is 0 Å². The van der Waals surface area contributed by atoms with Crippen LogP contribution in [-0.4, -0.2) is 22.5 Å². The first-order valence-corrected chi connectivity index (χ1v) is 7.41. The maximum absolute atomic E-state index is 13.1. The van der Waals surface area contributed by atoms with Crippen molar-refractivity contribution in [2.75, 3.05) is 6.54 Å². The van der Waals surface area contributed by atoms with Crippen molar-refractivity contribution in [3.8, 4) is 0 Å². The predicted molar refractivity (Wildman–Crippen MR) is 86.4 cm³/mol. The molecule has 3 N–H and O–H groups in total. The number of carbonyl (C=O) groups is 1. The Labute approximate surface area is 133 Å². The molecular formula is C18H17FN2O2. The van der Waals surface area contributed by atoms with Gasteiger partial charge < -0.3 is 15.4 Å². The number of halogens is 1. The number of H-pyrrole nitrogens is 1. The summed E-state index contributed by atoms with van der Waals surface area (Å²) in [4.78, 5) is 15.0. The second-order valence-corrected chi connectivity index (χ2v) is 5.36. The van der Waals surface area contributed by atoms with Gasteiger partial charge in [-0.25, -0.2) is 4.39 Å². The lowest BCUT2D eigenvalue weighted by Crippen LogP contribution is -2.30. The molecule has 2 aromatic carbocycles. The number of rotatable bonds is 5. The third-order valence-electron chi connectivity index (χ3n) is 3.79. The zero-order valence-corrected chi connectivity index (χ0v) is 12.4. The van der Waals surface area contributed by atoms with E-state index in [1.807, 2.05) is 12.3 Å². The zero-order chi connectivity index (χ0) is 16.2. The molecule has 5 heteroatoms. The molecule has 0 aliphatic rings. The van der Waals surface area contributed by atoms with Gasteiger partial charge in [-0.05, 0) is 35.7 Å². The van der Waals surface area contributed by atoms with Crippen molar-refractivity contribution in [2.24, 2.45) is 0 Å². The number of fused-ring (bicyclic) bond motifs is 1. The van der Waals surface area contributed by atoms with E-state index < -0.39 is 12.0 Å². The Morgan fingerprint density at radius 2 is 2.00 bits per heavy atom. The van der Waals surface area contributed by atoms with Crippen molar-refractivity contribution < 1.29 is 14.3 Å². The number of aliphatic hydroxyl groups excluding tert-OH is 1. The lowest BCUT2D eigenvalue weighted by molar-refractivity contribution is -0.129. The molecule has 1 heterocycles. The number of aromatic amines is 1. The number of carbonyl (C=O) groups excluding carboxylic acids is 1. The lowest BCUT2D eigenvalue weighted by atomic mass is 10.1. The Kier molecular flexibility index (Phi) is 4.39. The van der Waals surface area contributed by atoms with E-state index in [4.69, 9.17) is 0 Å². The summed E-state index contributed by atoms with van der Waals surface area (Å²) in [5.74, 6) is -0.715. The summed E-state index contributed by atoms with van der Waals surface area (Å²) >= 11 is 0. The molecule has 0 aliphatic carbocycles. The van der Waals surface area contributed by atoms with E-state index in [9.17, 15) is 14.3 Å². The van der Waals surface area contributed by atoms with Crippen LogP contribution in [0.4, 0.5) is 4.39 Å². The second kappa shape index (κ2) is 6.62. The molecule has 118 valence electrons. The van der Waals surface area contributed by atoms with Crippen LogP contribution in [0.3, 0.4) is 0 Å². The van der Waals surface area contributed by atoms with Crippen molar-refractivity contribution in [3.63, 3.8) is 0 Å². The molecule has 0 spiro atoms. The van der Waals surface area contributed by atoms with Crippen LogP contribution in [0.1, 0.15) is 17.2 Å². The summed E-state index contributed by atoms with van der Waals surface area (Å²) in [5, 5.41) is 13.6. The summed E-state index contributed by atoms with van der Waals surface area (Å²) in [6.07, 6.45) is 1.23.